The van der Waals surface area contributed by atoms with Crippen LogP contribution in [0.5, 0.6) is 0 Å². The van der Waals surface area contributed by atoms with Crippen molar-refractivity contribution in [3.05, 3.63) is 95.1 Å². The van der Waals surface area contributed by atoms with Gasteiger partial charge in [0.15, 0.2) is 15.9 Å². The van der Waals surface area contributed by atoms with Crippen LogP contribution in [0.2, 0.25) is 0 Å². The zero-order valence-corrected chi connectivity index (χ0v) is 28.8. The van der Waals surface area contributed by atoms with Crippen LogP contribution >= 0.6 is 0 Å². The molecule has 7 nitrogen and oxygen atoms in total. The number of quaternary nitrogens is 1. The summed E-state index contributed by atoms with van der Waals surface area (Å²) in [5.41, 5.74) is -1.10. The molecule has 0 aliphatic carbocycles. The maximum atomic E-state index is 14.7. The van der Waals surface area contributed by atoms with Crippen molar-refractivity contribution in [1.29, 1.82) is 0 Å². The average Bonchev–Trinajstić information content (AvgIpc) is 3.10. The fraction of sp³-hybridized carbons (Fsp3) is 0.405. The lowest BCUT2D eigenvalue weighted by Crippen LogP contribution is -2.60. The molecule has 4 aromatic rings. The molecule has 0 spiro atoms. The van der Waals surface area contributed by atoms with Gasteiger partial charge >= 0.3 is 12.4 Å². The molecule has 1 aromatic heterocycles. The Morgan fingerprint density at radius 1 is 0.922 bits per heavy atom. The highest BCUT2D eigenvalue weighted by Crippen LogP contribution is 2.40. The van der Waals surface area contributed by atoms with Crippen LogP contribution in [0.15, 0.2) is 77.7 Å². The van der Waals surface area contributed by atoms with Crippen molar-refractivity contribution in [1.82, 2.24) is 15.6 Å². The van der Waals surface area contributed by atoms with Crippen molar-refractivity contribution in [2.75, 3.05) is 32.4 Å². The molecule has 2 saturated heterocycles. The number of likely N-dealkylation sites (tertiary alicyclic amines) is 1. The molecule has 2 aliphatic rings. The normalized spacial score (nSPS) is 18.0. The predicted molar refractivity (Wildman–Crippen MR) is 181 cm³/mol. The molecule has 0 unspecified atom stereocenters. The molecule has 1 atom stereocenters. The Hall–Kier alpha value is -4.01. The number of piperidine rings is 2. The Morgan fingerprint density at radius 2 is 1.61 bits per heavy atom. The first kappa shape index (κ1) is 36.8. The van der Waals surface area contributed by atoms with Crippen LogP contribution in [-0.4, -0.2) is 68.4 Å². The number of nitrogens with one attached hydrogen (secondary N) is 2. The number of alkyl halides is 6. The summed E-state index contributed by atoms with van der Waals surface area (Å²) >= 11 is 0. The van der Waals surface area contributed by atoms with Gasteiger partial charge in [0.25, 0.3) is 5.91 Å². The second-order valence-corrected chi connectivity index (χ2v) is 15.6. The molecular formula is C37H39F6N4O3S+. The fourth-order valence-corrected chi connectivity index (χ4v) is 8.32. The van der Waals surface area contributed by atoms with Crippen LogP contribution in [0.4, 0.5) is 26.3 Å². The summed E-state index contributed by atoms with van der Waals surface area (Å²) in [5, 5.41) is 5.54. The van der Waals surface area contributed by atoms with E-state index in [2.05, 4.69) is 10.6 Å². The van der Waals surface area contributed by atoms with Crippen LogP contribution in [-0.2, 0) is 22.6 Å². The Labute approximate surface area is 292 Å². The lowest BCUT2D eigenvalue weighted by molar-refractivity contribution is -0.968. The number of halogens is 6. The summed E-state index contributed by atoms with van der Waals surface area (Å²) < 4.78 is 112. The highest BCUT2D eigenvalue weighted by molar-refractivity contribution is 7.90. The Morgan fingerprint density at radius 3 is 2.24 bits per heavy atom. The van der Waals surface area contributed by atoms with E-state index in [0.717, 1.165) is 63.6 Å². The number of carbonyl (C=O) groups excluding carboxylic acids is 1. The average molecular weight is 734 g/mol. The molecule has 1 amide bonds. The van der Waals surface area contributed by atoms with Gasteiger partial charge in [-0.2, -0.15) is 26.3 Å². The van der Waals surface area contributed by atoms with Crippen LogP contribution < -0.4 is 10.6 Å². The maximum absolute atomic E-state index is 14.7. The smallest absolute Gasteiger partial charge is 0.337 e. The molecule has 0 bridgehead atoms. The predicted octanol–water partition coefficient (Wildman–Crippen LogP) is 7.61. The van der Waals surface area contributed by atoms with Crippen molar-refractivity contribution in [3.63, 3.8) is 0 Å². The van der Waals surface area contributed by atoms with E-state index in [1.54, 1.807) is 6.07 Å². The van der Waals surface area contributed by atoms with E-state index in [4.69, 9.17) is 4.98 Å². The van der Waals surface area contributed by atoms with E-state index in [1.807, 2.05) is 0 Å². The van der Waals surface area contributed by atoms with Crippen molar-refractivity contribution < 1.29 is 44.0 Å². The minimum absolute atomic E-state index is 0.00407. The zero-order chi connectivity index (χ0) is 36.6. The number of rotatable bonds is 8. The monoisotopic (exact) mass is 733 g/mol. The van der Waals surface area contributed by atoms with Crippen LogP contribution in [0.25, 0.3) is 22.2 Å². The number of hydrogen-bond acceptors (Lipinski definition) is 5. The van der Waals surface area contributed by atoms with Gasteiger partial charge in [0, 0.05) is 48.7 Å². The summed E-state index contributed by atoms with van der Waals surface area (Å²) in [6, 6.07) is 12.9. The van der Waals surface area contributed by atoms with Crippen LogP contribution in [0.1, 0.15) is 65.2 Å². The molecule has 0 saturated carbocycles. The maximum Gasteiger partial charge on any atom is 0.416 e. The lowest BCUT2D eigenvalue weighted by Gasteiger charge is -2.49. The van der Waals surface area contributed by atoms with E-state index >= 15 is 0 Å². The molecule has 3 heterocycles. The number of sulfone groups is 1. The second kappa shape index (κ2) is 14.2. The number of nitrogens with zero attached hydrogens (tertiary/aromatic N) is 2. The minimum atomic E-state index is -4.92. The highest BCUT2D eigenvalue weighted by Gasteiger charge is 2.44. The first-order valence-electron chi connectivity index (χ1n) is 16.9. The summed E-state index contributed by atoms with van der Waals surface area (Å²) in [4.78, 5) is 19.2. The van der Waals surface area contributed by atoms with E-state index < -0.39 is 39.7 Å². The summed E-state index contributed by atoms with van der Waals surface area (Å²) in [6.45, 7) is 2.99. The Bertz CT molecular complexity index is 2010. The summed E-state index contributed by atoms with van der Waals surface area (Å²) in [6.07, 6.45) is -4.38. The largest absolute Gasteiger partial charge is 0.416 e. The molecule has 0 radical (unpaired) electrons. The zero-order valence-electron chi connectivity index (χ0n) is 27.9. The number of pyridine rings is 1. The van der Waals surface area contributed by atoms with Gasteiger partial charge in [0.05, 0.1) is 46.4 Å². The van der Waals surface area contributed by atoms with Gasteiger partial charge in [-0.15, -0.1) is 0 Å². The number of hydrogen-bond donors (Lipinski definition) is 2. The molecule has 2 N–H and O–H groups in total. The number of carbonyl (C=O) groups is 1. The lowest BCUT2D eigenvalue weighted by atomic mass is 9.90. The van der Waals surface area contributed by atoms with Gasteiger partial charge in [-0.05, 0) is 55.2 Å². The van der Waals surface area contributed by atoms with Crippen LogP contribution in [0.3, 0.4) is 0 Å². The van der Waals surface area contributed by atoms with Crippen molar-refractivity contribution in [3.8, 4) is 11.3 Å². The number of aromatic nitrogens is 1. The third kappa shape index (κ3) is 7.92. The van der Waals surface area contributed by atoms with Gasteiger partial charge < -0.3 is 15.1 Å². The van der Waals surface area contributed by atoms with Crippen molar-refractivity contribution in [2.45, 2.75) is 68.0 Å². The van der Waals surface area contributed by atoms with E-state index in [9.17, 15) is 39.6 Å². The van der Waals surface area contributed by atoms with Gasteiger partial charge in [-0.1, -0.05) is 42.5 Å². The topological polar surface area (TPSA) is 88.2 Å². The number of fused-ring (bicyclic) bond motifs is 1. The van der Waals surface area contributed by atoms with E-state index in [1.165, 1.54) is 54.6 Å². The highest BCUT2D eigenvalue weighted by atomic mass is 32.2. The van der Waals surface area contributed by atoms with Gasteiger partial charge in [-0.3, -0.25) is 4.79 Å². The molecule has 14 heteroatoms. The minimum Gasteiger partial charge on any atom is -0.337 e. The summed E-state index contributed by atoms with van der Waals surface area (Å²) in [7, 11) is -3.85. The molecule has 6 rings (SSSR count). The second-order valence-electron chi connectivity index (χ2n) is 13.6. The fourth-order valence-electron chi connectivity index (χ4n) is 7.67. The molecule has 2 aliphatic heterocycles. The Balaban J connectivity index is 1.66. The first-order chi connectivity index (χ1) is 24.1. The number of benzene rings is 3. The standard InChI is InChI=1S/C37H38F6N4O3S/c1-51(49,50)28-13-14-31-29(22-28)32(35(48)46-34(37(41,42)43)24-9-4-2-5-10-24)30(33(45-31)25-11-8-12-26(21-25)36(38,39)40)23-47(19-6-3-7-20-47)27-15-17-44-18-16-27/h2,4-5,8-14,21-22,27,34,44H,3,6-7,15-20,23H2,1H3/p+1/t34-/m1/s1. The van der Waals surface area contributed by atoms with Gasteiger partial charge in [-0.25, -0.2) is 13.4 Å². The third-order valence-corrected chi connectivity index (χ3v) is 11.3. The molecule has 2 fully saturated rings. The van der Waals surface area contributed by atoms with Gasteiger partial charge in [0.2, 0.25) is 0 Å². The molecular weight excluding hydrogens is 694 g/mol. The van der Waals surface area contributed by atoms with Crippen molar-refractivity contribution >= 4 is 26.6 Å². The van der Waals surface area contributed by atoms with Crippen molar-refractivity contribution in [2.24, 2.45) is 0 Å². The SMILES string of the molecule is CS(=O)(=O)c1ccc2nc(-c3cccc(C(F)(F)F)c3)c(C[N+]3(C4CCNCC4)CCCCC3)c(C(=O)N[C@H](c3ccccc3)C(F)(F)F)c2c1. The number of amides is 1. The third-order valence-electron chi connectivity index (χ3n) is 10.2. The quantitative estimate of drug-likeness (QED) is 0.144. The molecule has 51 heavy (non-hydrogen) atoms. The Kier molecular flexibility index (Phi) is 10.2. The first-order valence-corrected chi connectivity index (χ1v) is 18.8. The summed E-state index contributed by atoms with van der Waals surface area (Å²) in [5.74, 6) is -1.14. The molecule has 3 aromatic carbocycles. The van der Waals surface area contributed by atoms with Crippen LogP contribution in [0, 0.1) is 0 Å². The molecule has 272 valence electrons. The van der Waals surface area contributed by atoms with E-state index in [0.29, 0.717) is 17.6 Å². The van der Waals surface area contributed by atoms with E-state index in [-0.39, 0.29) is 56.3 Å². The van der Waals surface area contributed by atoms with Gasteiger partial charge in [0.1, 0.15) is 6.54 Å².